The number of hydrogen-bond donors (Lipinski definition) is 2. The molecule has 0 aliphatic carbocycles. The summed E-state index contributed by atoms with van der Waals surface area (Å²) in [5.41, 5.74) is 4.17. The van der Waals surface area contributed by atoms with Gasteiger partial charge in [0.1, 0.15) is 18.0 Å². The number of nitrogens with one attached hydrogen (secondary N) is 1. The van der Waals surface area contributed by atoms with Crippen molar-refractivity contribution in [3.63, 3.8) is 0 Å². The van der Waals surface area contributed by atoms with Crippen LogP contribution in [-0.4, -0.2) is 22.0 Å². The fourth-order valence-electron chi connectivity index (χ4n) is 2.25. The van der Waals surface area contributed by atoms with Gasteiger partial charge in [0.2, 0.25) is 0 Å². The molecule has 1 aromatic carbocycles. The van der Waals surface area contributed by atoms with Crippen molar-refractivity contribution in [1.29, 1.82) is 0 Å². The minimum atomic E-state index is -0.832. The van der Waals surface area contributed by atoms with Gasteiger partial charge < -0.3 is 20.4 Å². The normalized spacial score (nSPS) is 11.1. The summed E-state index contributed by atoms with van der Waals surface area (Å²) >= 11 is 1.96. The third-order valence-electron chi connectivity index (χ3n) is 3.31. The van der Waals surface area contributed by atoms with E-state index in [2.05, 4.69) is 5.32 Å². The molecule has 0 unspecified atom stereocenters. The lowest BCUT2D eigenvalue weighted by atomic mass is 10.2. The second-order valence-corrected chi connectivity index (χ2v) is 8.01. The van der Waals surface area contributed by atoms with Crippen LogP contribution in [0, 0.1) is 9.39 Å². The number of nitrogens with zero attached hydrogens (tertiary/aromatic N) is 1. The number of ether oxygens (including phenoxy) is 1. The number of benzene rings is 1. The van der Waals surface area contributed by atoms with Gasteiger partial charge in [-0.1, -0.05) is 0 Å². The van der Waals surface area contributed by atoms with Crippen molar-refractivity contribution in [1.82, 2.24) is 4.57 Å². The first-order valence-corrected chi connectivity index (χ1v) is 9.02. The van der Waals surface area contributed by atoms with E-state index < -0.39 is 28.9 Å². The Kier molecular flexibility index (Phi) is 6.24. The summed E-state index contributed by atoms with van der Waals surface area (Å²) in [7, 11) is 0. The first-order chi connectivity index (χ1) is 12.5. The number of carbonyl (C=O) groups is 2. The van der Waals surface area contributed by atoms with Gasteiger partial charge in [-0.2, -0.15) is 0 Å². The number of anilines is 2. The summed E-state index contributed by atoms with van der Waals surface area (Å²) in [4.78, 5) is 36.0. The van der Waals surface area contributed by atoms with Crippen molar-refractivity contribution in [2.45, 2.75) is 32.9 Å². The van der Waals surface area contributed by atoms with E-state index >= 15 is 0 Å². The highest BCUT2D eigenvalue weighted by Gasteiger charge is 2.19. The second kappa shape index (κ2) is 8.07. The lowest BCUT2D eigenvalue weighted by Crippen LogP contribution is -2.31. The molecule has 144 valence electrons. The smallest absolute Gasteiger partial charge is 0.326 e. The van der Waals surface area contributed by atoms with Crippen LogP contribution in [0.25, 0.3) is 0 Å². The molecule has 0 spiro atoms. The third kappa shape index (κ3) is 5.78. The second-order valence-electron chi connectivity index (χ2n) is 6.77. The van der Waals surface area contributed by atoms with Crippen molar-refractivity contribution in [2.75, 3.05) is 5.32 Å². The molecule has 7 nitrogen and oxygen atoms in total. The summed E-state index contributed by atoms with van der Waals surface area (Å²) in [5.74, 6) is -2.01. The van der Waals surface area contributed by atoms with Crippen molar-refractivity contribution < 1.29 is 18.7 Å². The van der Waals surface area contributed by atoms with E-state index in [-0.39, 0.29) is 23.5 Å². The molecule has 9 heteroatoms. The number of halogens is 2. The highest BCUT2D eigenvalue weighted by atomic mass is 127. The number of aromatic nitrogens is 1. The van der Waals surface area contributed by atoms with E-state index in [1.54, 1.807) is 26.8 Å². The standard InChI is InChI=1S/C18H19FIN3O4/c1-18(2,3)27-16(25)9-23-8-11(17(21)26)14(7-15(23)24)22-13-5-4-10(20)6-12(13)19/h4-8,22H,9H2,1-3H3,(H2,21,26). The van der Waals surface area contributed by atoms with E-state index in [1.807, 2.05) is 22.6 Å². The Balaban J connectivity index is 2.37. The van der Waals surface area contributed by atoms with Gasteiger partial charge in [0.15, 0.2) is 0 Å². The van der Waals surface area contributed by atoms with E-state index in [0.29, 0.717) is 3.57 Å². The van der Waals surface area contributed by atoms with Gasteiger partial charge in [-0.05, 0) is 61.6 Å². The van der Waals surface area contributed by atoms with Crippen LogP contribution in [0.3, 0.4) is 0 Å². The van der Waals surface area contributed by atoms with Crippen LogP contribution in [-0.2, 0) is 16.1 Å². The lowest BCUT2D eigenvalue weighted by molar-refractivity contribution is -0.155. The first-order valence-electron chi connectivity index (χ1n) is 7.94. The molecule has 1 amide bonds. The third-order valence-corrected chi connectivity index (χ3v) is 3.98. The number of rotatable bonds is 5. The van der Waals surface area contributed by atoms with Crippen LogP contribution < -0.4 is 16.6 Å². The van der Waals surface area contributed by atoms with Gasteiger partial charge in [-0.3, -0.25) is 14.4 Å². The average molecular weight is 487 g/mol. The topological polar surface area (TPSA) is 103 Å². The fourth-order valence-corrected chi connectivity index (χ4v) is 2.70. The Morgan fingerprint density at radius 1 is 1.26 bits per heavy atom. The molecule has 1 heterocycles. The lowest BCUT2D eigenvalue weighted by Gasteiger charge is -2.20. The van der Waals surface area contributed by atoms with Crippen LogP contribution >= 0.6 is 22.6 Å². The van der Waals surface area contributed by atoms with Gasteiger partial charge in [-0.15, -0.1) is 0 Å². The largest absolute Gasteiger partial charge is 0.459 e. The van der Waals surface area contributed by atoms with Gasteiger partial charge in [0.05, 0.1) is 16.9 Å². The maximum Gasteiger partial charge on any atom is 0.326 e. The molecule has 0 atom stereocenters. The molecule has 0 bridgehead atoms. The van der Waals surface area contributed by atoms with E-state index in [9.17, 15) is 18.8 Å². The highest BCUT2D eigenvalue weighted by molar-refractivity contribution is 14.1. The van der Waals surface area contributed by atoms with E-state index in [1.165, 1.54) is 12.1 Å². The number of esters is 1. The van der Waals surface area contributed by atoms with Gasteiger partial charge in [0.25, 0.3) is 11.5 Å². The molecule has 0 saturated carbocycles. The molecular formula is C18H19FIN3O4. The minimum Gasteiger partial charge on any atom is -0.459 e. The fraction of sp³-hybridized carbons (Fsp3) is 0.278. The molecule has 2 aromatic rings. The van der Waals surface area contributed by atoms with Crippen molar-refractivity contribution in [3.05, 3.63) is 55.8 Å². The van der Waals surface area contributed by atoms with Crippen LogP contribution in [0.4, 0.5) is 15.8 Å². The molecule has 0 fully saturated rings. The van der Waals surface area contributed by atoms with Crippen LogP contribution in [0.15, 0.2) is 35.3 Å². The molecule has 0 aliphatic rings. The maximum atomic E-state index is 14.1. The van der Waals surface area contributed by atoms with Crippen LogP contribution in [0.5, 0.6) is 0 Å². The molecule has 0 saturated heterocycles. The van der Waals surface area contributed by atoms with E-state index in [0.717, 1.165) is 16.8 Å². The van der Waals surface area contributed by atoms with Gasteiger partial charge >= 0.3 is 5.97 Å². The zero-order valence-electron chi connectivity index (χ0n) is 15.0. The number of primary amides is 1. The van der Waals surface area contributed by atoms with E-state index in [4.69, 9.17) is 10.5 Å². The van der Waals surface area contributed by atoms with Crippen molar-refractivity contribution in [3.8, 4) is 0 Å². The molecule has 3 N–H and O–H groups in total. The molecule has 27 heavy (non-hydrogen) atoms. The van der Waals surface area contributed by atoms with Gasteiger partial charge in [0, 0.05) is 15.8 Å². The SMILES string of the molecule is CC(C)(C)OC(=O)Cn1cc(C(N)=O)c(Nc2ccc(I)cc2F)cc1=O. The summed E-state index contributed by atoms with van der Waals surface area (Å²) in [6, 6.07) is 5.53. The minimum absolute atomic E-state index is 0.0491. The summed E-state index contributed by atoms with van der Waals surface area (Å²) in [6.07, 6.45) is 1.15. The summed E-state index contributed by atoms with van der Waals surface area (Å²) in [6.45, 7) is 4.72. The summed E-state index contributed by atoms with van der Waals surface area (Å²) < 4.78 is 20.9. The van der Waals surface area contributed by atoms with Crippen molar-refractivity contribution in [2.24, 2.45) is 5.73 Å². The zero-order chi connectivity index (χ0) is 20.4. The Morgan fingerprint density at radius 3 is 2.48 bits per heavy atom. The molecular weight excluding hydrogens is 468 g/mol. The average Bonchev–Trinajstić information content (AvgIpc) is 2.50. The zero-order valence-corrected chi connectivity index (χ0v) is 17.2. The predicted octanol–water partition coefficient (Wildman–Crippen LogP) is 2.78. The van der Waals surface area contributed by atoms with Crippen LogP contribution in [0.1, 0.15) is 31.1 Å². The Morgan fingerprint density at radius 2 is 1.93 bits per heavy atom. The van der Waals surface area contributed by atoms with Crippen molar-refractivity contribution >= 4 is 45.8 Å². The molecule has 0 aliphatic heterocycles. The van der Waals surface area contributed by atoms with Gasteiger partial charge in [-0.25, -0.2) is 4.39 Å². The Hall–Kier alpha value is -2.43. The molecule has 2 rings (SSSR count). The predicted molar refractivity (Wildman–Crippen MR) is 107 cm³/mol. The van der Waals surface area contributed by atoms with Crippen LogP contribution in [0.2, 0.25) is 0 Å². The molecule has 0 radical (unpaired) electrons. The Bertz CT molecular complexity index is 951. The number of nitrogens with two attached hydrogens (primary N) is 1. The number of pyridine rings is 1. The maximum absolute atomic E-state index is 14.1. The summed E-state index contributed by atoms with van der Waals surface area (Å²) in [5, 5.41) is 2.70. The monoisotopic (exact) mass is 487 g/mol. The number of carbonyl (C=O) groups excluding carboxylic acids is 2. The Labute approximate surface area is 168 Å². The molecule has 1 aromatic heterocycles. The first kappa shape index (κ1) is 20.9. The number of hydrogen-bond acceptors (Lipinski definition) is 5. The quantitative estimate of drug-likeness (QED) is 0.499. The highest BCUT2D eigenvalue weighted by Crippen LogP contribution is 2.23. The number of amides is 1.